The van der Waals surface area contributed by atoms with Gasteiger partial charge in [-0.2, -0.15) is 4.99 Å². The summed E-state index contributed by atoms with van der Waals surface area (Å²) in [6.07, 6.45) is 0.0572. The molecule has 1 aromatic carbocycles. The van der Waals surface area contributed by atoms with E-state index in [2.05, 4.69) is 27.2 Å². The molecule has 0 spiro atoms. The Morgan fingerprint density at radius 2 is 1.96 bits per heavy atom. The Morgan fingerprint density at radius 1 is 1.29 bits per heavy atom. The zero-order valence-corrected chi connectivity index (χ0v) is 14.2. The van der Waals surface area contributed by atoms with Crippen molar-refractivity contribution in [2.75, 3.05) is 38.5 Å². The number of amidine groups is 1. The number of nitrogens with one attached hydrogen (secondary N) is 1. The molecule has 2 aliphatic heterocycles. The zero-order valence-electron chi connectivity index (χ0n) is 13.4. The number of halogens is 1. The van der Waals surface area contributed by atoms with Crippen molar-refractivity contribution in [3.8, 4) is 0 Å². The van der Waals surface area contributed by atoms with Crippen LogP contribution in [0, 0.1) is 5.82 Å². The minimum Gasteiger partial charge on any atom is -0.349 e. The van der Waals surface area contributed by atoms with Gasteiger partial charge in [-0.1, -0.05) is 11.8 Å². The second-order valence-electron chi connectivity index (χ2n) is 5.89. The molecule has 0 aromatic heterocycles. The maximum Gasteiger partial charge on any atom is 0.262 e. The number of hydrogen-bond donors (Lipinski definition) is 1. The van der Waals surface area contributed by atoms with Crippen LogP contribution in [0.3, 0.4) is 0 Å². The third-order valence-corrected chi connectivity index (χ3v) is 5.21. The molecule has 2 heterocycles. The van der Waals surface area contributed by atoms with E-state index in [-0.39, 0.29) is 24.1 Å². The van der Waals surface area contributed by atoms with Crippen molar-refractivity contribution in [1.29, 1.82) is 0 Å². The van der Waals surface area contributed by atoms with E-state index in [4.69, 9.17) is 0 Å². The molecule has 1 N–H and O–H groups in total. The van der Waals surface area contributed by atoms with E-state index < -0.39 is 5.25 Å². The number of thioether (sulfide) groups is 1. The first kappa shape index (κ1) is 16.9. The quantitative estimate of drug-likeness (QED) is 0.893. The van der Waals surface area contributed by atoms with Crippen LogP contribution in [0.5, 0.6) is 0 Å². The van der Waals surface area contributed by atoms with Gasteiger partial charge in [-0.15, -0.1) is 0 Å². The van der Waals surface area contributed by atoms with E-state index in [0.29, 0.717) is 10.9 Å². The van der Waals surface area contributed by atoms with E-state index in [1.54, 1.807) is 0 Å². The average Bonchev–Trinajstić information content (AvgIpc) is 2.91. The van der Waals surface area contributed by atoms with Crippen LogP contribution in [0.15, 0.2) is 29.3 Å². The Hall–Kier alpha value is -1.93. The predicted octanol–water partition coefficient (Wildman–Crippen LogP) is 1.40. The van der Waals surface area contributed by atoms with Crippen LogP contribution in [0.25, 0.3) is 0 Å². The molecule has 0 radical (unpaired) electrons. The van der Waals surface area contributed by atoms with E-state index in [1.165, 1.54) is 36.0 Å². The predicted molar refractivity (Wildman–Crippen MR) is 92.5 cm³/mol. The van der Waals surface area contributed by atoms with Gasteiger partial charge >= 0.3 is 0 Å². The highest BCUT2D eigenvalue weighted by atomic mass is 32.2. The second-order valence-corrected chi connectivity index (χ2v) is 7.06. The maximum atomic E-state index is 12.9. The van der Waals surface area contributed by atoms with Crippen LogP contribution >= 0.6 is 11.8 Å². The van der Waals surface area contributed by atoms with Gasteiger partial charge in [0.15, 0.2) is 5.17 Å². The van der Waals surface area contributed by atoms with Gasteiger partial charge < -0.3 is 15.1 Å². The largest absolute Gasteiger partial charge is 0.349 e. The third kappa shape index (κ3) is 4.12. The number of hydrogen-bond acceptors (Lipinski definition) is 5. The van der Waals surface area contributed by atoms with Crippen molar-refractivity contribution in [3.05, 3.63) is 30.1 Å². The number of rotatable bonds is 3. The highest BCUT2D eigenvalue weighted by molar-refractivity contribution is 8.15. The van der Waals surface area contributed by atoms with Gasteiger partial charge in [-0.25, -0.2) is 4.39 Å². The Bertz CT molecular complexity index is 657. The summed E-state index contributed by atoms with van der Waals surface area (Å²) in [7, 11) is 2.06. The van der Waals surface area contributed by atoms with Crippen molar-refractivity contribution in [2.24, 2.45) is 4.99 Å². The summed E-state index contributed by atoms with van der Waals surface area (Å²) >= 11 is 1.35. The highest BCUT2D eigenvalue weighted by Crippen LogP contribution is 2.28. The maximum absolute atomic E-state index is 12.9. The summed E-state index contributed by atoms with van der Waals surface area (Å²) in [5.41, 5.74) is 0.511. The normalized spacial score (nSPS) is 21.8. The molecular formula is C16H19FN4O2S. The van der Waals surface area contributed by atoms with Gasteiger partial charge in [0.2, 0.25) is 5.91 Å². The van der Waals surface area contributed by atoms with Gasteiger partial charge in [-0.3, -0.25) is 9.59 Å². The van der Waals surface area contributed by atoms with Gasteiger partial charge in [0.25, 0.3) is 5.91 Å². The van der Waals surface area contributed by atoms with E-state index >= 15 is 0 Å². The van der Waals surface area contributed by atoms with Crippen molar-refractivity contribution in [2.45, 2.75) is 11.7 Å². The molecule has 6 nitrogen and oxygen atoms in total. The van der Waals surface area contributed by atoms with Crippen LogP contribution in [0.2, 0.25) is 0 Å². The SMILES string of the molecule is CN1CCN(C2=NC(=O)C(CC(=O)Nc3ccc(F)cc3)S2)CC1. The molecule has 0 saturated carbocycles. The molecule has 24 heavy (non-hydrogen) atoms. The number of aliphatic imine (C=N–C) groups is 1. The van der Waals surface area contributed by atoms with Gasteiger partial charge in [0.05, 0.1) is 0 Å². The lowest BCUT2D eigenvalue weighted by Gasteiger charge is -2.33. The molecule has 3 rings (SSSR count). The Kier molecular flexibility index (Phi) is 5.15. The first-order valence-corrected chi connectivity index (χ1v) is 8.67. The van der Waals surface area contributed by atoms with E-state index in [9.17, 15) is 14.0 Å². The number of amides is 2. The minimum absolute atomic E-state index is 0.0572. The van der Waals surface area contributed by atoms with Crippen molar-refractivity contribution >= 4 is 34.4 Å². The summed E-state index contributed by atoms with van der Waals surface area (Å²) in [5.74, 6) is -0.898. The molecule has 0 bridgehead atoms. The molecule has 128 valence electrons. The first-order valence-electron chi connectivity index (χ1n) is 7.79. The Balaban J connectivity index is 1.52. The fourth-order valence-corrected chi connectivity index (χ4v) is 3.67. The number of carbonyl (C=O) groups excluding carboxylic acids is 2. The van der Waals surface area contributed by atoms with Crippen molar-refractivity contribution in [3.63, 3.8) is 0 Å². The second kappa shape index (κ2) is 7.31. The standard InChI is InChI=1S/C16H19FN4O2S/c1-20-6-8-21(9-7-20)16-19-15(23)13(24-16)10-14(22)18-12-4-2-11(17)3-5-12/h2-5,13H,6-10H2,1H3,(H,18,22). The minimum atomic E-state index is -0.486. The van der Waals surface area contributed by atoms with E-state index in [0.717, 1.165) is 26.2 Å². The molecule has 1 fully saturated rings. The van der Waals surface area contributed by atoms with Crippen molar-refractivity contribution in [1.82, 2.24) is 9.80 Å². The van der Waals surface area contributed by atoms with Crippen LogP contribution in [0.1, 0.15) is 6.42 Å². The van der Waals surface area contributed by atoms with Gasteiger partial charge in [-0.05, 0) is 31.3 Å². The third-order valence-electron chi connectivity index (χ3n) is 4.00. The van der Waals surface area contributed by atoms with Gasteiger partial charge in [0, 0.05) is 38.3 Å². The highest BCUT2D eigenvalue weighted by Gasteiger charge is 2.33. The smallest absolute Gasteiger partial charge is 0.262 e. The summed E-state index contributed by atoms with van der Waals surface area (Å²) in [6.45, 7) is 3.54. The van der Waals surface area contributed by atoms with Crippen LogP contribution in [0.4, 0.5) is 10.1 Å². The number of carbonyl (C=O) groups is 2. The van der Waals surface area contributed by atoms with Crippen LogP contribution in [-0.2, 0) is 9.59 Å². The molecule has 2 aliphatic rings. The summed E-state index contributed by atoms with van der Waals surface area (Å²) in [5, 5.41) is 2.90. The molecule has 0 aliphatic carbocycles. The number of benzene rings is 1. The summed E-state index contributed by atoms with van der Waals surface area (Å²) in [4.78, 5) is 32.6. The van der Waals surface area contributed by atoms with Crippen molar-refractivity contribution < 1.29 is 14.0 Å². The lowest BCUT2D eigenvalue weighted by atomic mass is 10.2. The van der Waals surface area contributed by atoms with Gasteiger partial charge in [0.1, 0.15) is 11.1 Å². The monoisotopic (exact) mass is 350 g/mol. The number of nitrogens with zero attached hydrogens (tertiary/aromatic N) is 3. The molecule has 1 atom stereocenters. The topological polar surface area (TPSA) is 65.0 Å². The molecule has 8 heteroatoms. The molecular weight excluding hydrogens is 331 g/mol. The summed E-state index contributed by atoms with van der Waals surface area (Å²) in [6, 6.07) is 5.53. The molecule has 2 amide bonds. The fourth-order valence-electron chi connectivity index (χ4n) is 2.56. The zero-order chi connectivity index (χ0) is 17.1. The lowest BCUT2D eigenvalue weighted by Crippen LogP contribution is -2.46. The number of anilines is 1. The first-order chi connectivity index (χ1) is 11.5. The van der Waals surface area contributed by atoms with Crippen LogP contribution in [-0.4, -0.2) is 65.3 Å². The molecule has 1 unspecified atom stereocenters. The lowest BCUT2D eigenvalue weighted by molar-refractivity contribution is -0.121. The number of piperazine rings is 1. The Morgan fingerprint density at radius 3 is 2.62 bits per heavy atom. The Labute approximate surface area is 144 Å². The van der Waals surface area contributed by atoms with Crippen LogP contribution < -0.4 is 5.32 Å². The molecule has 1 aromatic rings. The van der Waals surface area contributed by atoms with E-state index in [1.807, 2.05) is 0 Å². The number of likely N-dealkylation sites (N-methyl/N-ethyl adjacent to an activating group) is 1. The summed E-state index contributed by atoms with van der Waals surface area (Å²) < 4.78 is 12.9. The molecule has 1 saturated heterocycles. The fraction of sp³-hybridized carbons (Fsp3) is 0.438. The average molecular weight is 350 g/mol.